The van der Waals surface area contributed by atoms with Crippen molar-refractivity contribution >= 4 is 15.7 Å². The lowest BCUT2D eigenvalue weighted by Crippen LogP contribution is -2.12. The van der Waals surface area contributed by atoms with Crippen LogP contribution in [0.4, 0.5) is 10.1 Å². The molecule has 0 fully saturated rings. The predicted molar refractivity (Wildman–Crippen MR) is 70.1 cm³/mol. The number of benzene rings is 2. The number of halogens is 1. The first-order valence-electron chi connectivity index (χ1n) is 5.46. The maximum atomic E-state index is 13.1. The number of sulfonamides is 1. The van der Waals surface area contributed by atoms with Crippen LogP contribution in [0, 0.1) is 12.7 Å². The highest BCUT2D eigenvalue weighted by atomic mass is 32.2. The highest BCUT2D eigenvalue weighted by molar-refractivity contribution is 7.92. The third-order valence-corrected chi connectivity index (χ3v) is 3.95. The fourth-order valence-corrected chi connectivity index (χ4v) is 2.60. The summed E-state index contributed by atoms with van der Waals surface area (Å²) in [5, 5.41) is 9.12. The topological polar surface area (TPSA) is 66.4 Å². The Balaban J connectivity index is 2.30. The molecule has 2 rings (SSSR count). The molecule has 6 heteroatoms. The van der Waals surface area contributed by atoms with Crippen molar-refractivity contribution in [2.24, 2.45) is 0 Å². The van der Waals surface area contributed by atoms with Gasteiger partial charge in [0.25, 0.3) is 10.0 Å². The fraction of sp³-hybridized carbons (Fsp3) is 0.0769. The minimum absolute atomic E-state index is 0.0171. The number of nitrogens with one attached hydrogen (secondary N) is 1. The van der Waals surface area contributed by atoms with Gasteiger partial charge in [0.05, 0.1) is 4.90 Å². The maximum Gasteiger partial charge on any atom is 0.261 e. The average molecular weight is 281 g/mol. The Morgan fingerprint density at radius 2 is 1.74 bits per heavy atom. The van der Waals surface area contributed by atoms with E-state index in [0.717, 1.165) is 0 Å². The molecule has 0 amide bonds. The van der Waals surface area contributed by atoms with Gasteiger partial charge in [-0.15, -0.1) is 0 Å². The number of hydrogen-bond donors (Lipinski definition) is 2. The molecule has 0 unspecified atom stereocenters. The Kier molecular flexibility index (Phi) is 3.44. The van der Waals surface area contributed by atoms with Crippen molar-refractivity contribution in [2.75, 3.05) is 4.72 Å². The zero-order chi connectivity index (χ0) is 14.0. The van der Waals surface area contributed by atoms with Crippen LogP contribution in [0.2, 0.25) is 0 Å². The maximum absolute atomic E-state index is 13.1. The summed E-state index contributed by atoms with van der Waals surface area (Å²) < 4.78 is 39.5. The van der Waals surface area contributed by atoms with Crippen molar-refractivity contribution in [2.45, 2.75) is 11.8 Å². The van der Waals surface area contributed by atoms with Gasteiger partial charge in [0.15, 0.2) is 0 Å². The Bertz CT molecular complexity index is 696. The molecular formula is C13H12FNO3S. The third-order valence-electron chi connectivity index (χ3n) is 2.56. The van der Waals surface area contributed by atoms with E-state index < -0.39 is 15.8 Å². The van der Waals surface area contributed by atoms with Gasteiger partial charge in [0.2, 0.25) is 0 Å². The smallest absolute Gasteiger partial charge is 0.261 e. The largest absolute Gasteiger partial charge is 0.508 e. The Morgan fingerprint density at radius 1 is 1.11 bits per heavy atom. The van der Waals surface area contributed by atoms with Crippen LogP contribution >= 0.6 is 0 Å². The molecule has 0 aromatic heterocycles. The molecule has 0 aliphatic carbocycles. The standard InChI is InChI=1S/C13H12FNO3S/c1-9-8-10(2-7-13(9)14)15-19(17,18)12-5-3-11(16)4-6-12/h2-8,15-16H,1H3. The molecular weight excluding hydrogens is 269 g/mol. The number of aryl methyl sites for hydroxylation is 1. The van der Waals surface area contributed by atoms with Crippen molar-refractivity contribution in [1.82, 2.24) is 0 Å². The summed E-state index contributed by atoms with van der Waals surface area (Å²) in [6, 6.07) is 9.09. The summed E-state index contributed by atoms with van der Waals surface area (Å²) in [6.45, 7) is 1.55. The van der Waals surface area contributed by atoms with E-state index in [1.165, 1.54) is 42.5 Å². The summed E-state index contributed by atoms with van der Waals surface area (Å²) in [6.07, 6.45) is 0. The van der Waals surface area contributed by atoms with E-state index in [9.17, 15) is 12.8 Å². The third kappa shape index (κ3) is 3.03. The molecule has 2 aromatic carbocycles. The fourth-order valence-electron chi connectivity index (χ4n) is 1.55. The Hall–Kier alpha value is -2.08. The van der Waals surface area contributed by atoms with Crippen molar-refractivity contribution in [3.8, 4) is 5.75 Å². The normalized spacial score (nSPS) is 11.3. The lowest BCUT2D eigenvalue weighted by Gasteiger charge is -2.09. The van der Waals surface area contributed by atoms with E-state index in [-0.39, 0.29) is 16.3 Å². The number of hydrogen-bond acceptors (Lipinski definition) is 3. The molecule has 0 aliphatic heterocycles. The Labute approximate surface area is 110 Å². The minimum Gasteiger partial charge on any atom is -0.508 e. The summed E-state index contributed by atoms with van der Waals surface area (Å²) >= 11 is 0. The monoisotopic (exact) mass is 281 g/mol. The number of anilines is 1. The summed E-state index contributed by atoms with van der Waals surface area (Å²) in [5.41, 5.74) is 0.637. The van der Waals surface area contributed by atoms with E-state index in [2.05, 4.69) is 4.72 Å². The molecule has 2 N–H and O–H groups in total. The molecule has 0 saturated heterocycles. The molecule has 0 aliphatic rings. The van der Waals surface area contributed by atoms with Crippen molar-refractivity contribution in [1.29, 1.82) is 0 Å². The van der Waals surface area contributed by atoms with Gasteiger partial charge >= 0.3 is 0 Å². The molecule has 19 heavy (non-hydrogen) atoms. The SMILES string of the molecule is Cc1cc(NS(=O)(=O)c2ccc(O)cc2)ccc1F. The highest BCUT2D eigenvalue weighted by Crippen LogP contribution is 2.20. The second-order valence-corrected chi connectivity index (χ2v) is 5.75. The molecule has 0 bridgehead atoms. The van der Waals surface area contributed by atoms with E-state index in [1.807, 2.05) is 0 Å². The number of phenolic OH excluding ortho intramolecular Hbond substituents is 1. The van der Waals surface area contributed by atoms with Crippen LogP contribution in [-0.2, 0) is 10.0 Å². The van der Waals surface area contributed by atoms with Gasteiger partial charge in [-0.05, 0) is 55.0 Å². The van der Waals surface area contributed by atoms with Crippen LogP contribution in [0.1, 0.15) is 5.56 Å². The summed E-state index contributed by atoms with van der Waals surface area (Å²) in [5.74, 6) is -0.413. The second-order valence-electron chi connectivity index (χ2n) is 4.06. The first-order valence-corrected chi connectivity index (χ1v) is 6.95. The quantitative estimate of drug-likeness (QED) is 0.909. The highest BCUT2D eigenvalue weighted by Gasteiger charge is 2.14. The van der Waals surface area contributed by atoms with Crippen LogP contribution in [0.25, 0.3) is 0 Å². The average Bonchev–Trinajstić information content (AvgIpc) is 2.34. The number of aromatic hydroxyl groups is 1. The van der Waals surface area contributed by atoms with Crippen LogP contribution in [0.15, 0.2) is 47.4 Å². The lowest BCUT2D eigenvalue weighted by molar-refractivity contribution is 0.475. The van der Waals surface area contributed by atoms with Gasteiger partial charge in [-0.1, -0.05) is 0 Å². The number of rotatable bonds is 3. The molecule has 2 aromatic rings. The lowest BCUT2D eigenvalue weighted by atomic mass is 10.2. The molecule has 0 heterocycles. The molecule has 0 saturated carbocycles. The van der Waals surface area contributed by atoms with Crippen LogP contribution in [0.5, 0.6) is 5.75 Å². The van der Waals surface area contributed by atoms with E-state index >= 15 is 0 Å². The van der Waals surface area contributed by atoms with Crippen molar-refractivity contribution in [3.05, 3.63) is 53.8 Å². The minimum atomic E-state index is -3.74. The van der Waals surface area contributed by atoms with Gasteiger partial charge in [-0.25, -0.2) is 12.8 Å². The predicted octanol–water partition coefficient (Wildman–Crippen LogP) is 2.64. The van der Waals surface area contributed by atoms with E-state index in [0.29, 0.717) is 5.56 Å². The first-order chi connectivity index (χ1) is 8.88. The second kappa shape index (κ2) is 4.89. The van der Waals surface area contributed by atoms with Crippen LogP contribution < -0.4 is 4.72 Å². The zero-order valence-electron chi connectivity index (χ0n) is 10.1. The summed E-state index contributed by atoms with van der Waals surface area (Å²) in [4.78, 5) is 0.0206. The molecule has 100 valence electrons. The van der Waals surface area contributed by atoms with E-state index in [4.69, 9.17) is 5.11 Å². The zero-order valence-corrected chi connectivity index (χ0v) is 10.9. The molecule has 4 nitrogen and oxygen atoms in total. The van der Waals surface area contributed by atoms with Gasteiger partial charge in [-0.3, -0.25) is 4.72 Å². The van der Waals surface area contributed by atoms with Gasteiger partial charge < -0.3 is 5.11 Å². The molecule has 0 radical (unpaired) electrons. The van der Waals surface area contributed by atoms with Crippen LogP contribution in [-0.4, -0.2) is 13.5 Å². The van der Waals surface area contributed by atoms with Gasteiger partial charge in [0.1, 0.15) is 11.6 Å². The number of phenols is 1. The van der Waals surface area contributed by atoms with Crippen molar-refractivity contribution < 1.29 is 17.9 Å². The molecule has 0 atom stereocenters. The van der Waals surface area contributed by atoms with Gasteiger partial charge in [-0.2, -0.15) is 0 Å². The molecule has 0 spiro atoms. The first kappa shape index (κ1) is 13.4. The van der Waals surface area contributed by atoms with E-state index in [1.54, 1.807) is 6.92 Å². The van der Waals surface area contributed by atoms with Crippen molar-refractivity contribution in [3.63, 3.8) is 0 Å². The van der Waals surface area contributed by atoms with Gasteiger partial charge in [0, 0.05) is 5.69 Å². The Morgan fingerprint density at radius 3 is 2.32 bits per heavy atom. The van der Waals surface area contributed by atoms with Crippen LogP contribution in [0.3, 0.4) is 0 Å². The summed E-state index contributed by atoms with van der Waals surface area (Å²) in [7, 11) is -3.74.